The van der Waals surface area contributed by atoms with E-state index in [1.165, 1.54) is 6.42 Å². The van der Waals surface area contributed by atoms with Crippen LogP contribution in [-0.4, -0.2) is 33.5 Å². The summed E-state index contributed by atoms with van der Waals surface area (Å²) < 4.78 is 0. The molecule has 2 amide bonds. The third-order valence-corrected chi connectivity index (χ3v) is 4.29. The molecule has 2 heterocycles. The number of aromatic nitrogens is 2. The van der Waals surface area contributed by atoms with Crippen molar-refractivity contribution < 1.29 is 4.79 Å². The van der Waals surface area contributed by atoms with Gasteiger partial charge in [0.25, 0.3) is 0 Å². The highest BCUT2D eigenvalue weighted by Crippen LogP contribution is 2.21. The lowest BCUT2D eigenvalue weighted by molar-refractivity contribution is 0.160. The molecule has 3 rings (SSSR count). The zero-order valence-electron chi connectivity index (χ0n) is 13.4. The Balaban J connectivity index is 1.67. The number of hydrogen-bond acceptors (Lipinski definition) is 3. The summed E-state index contributed by atoms with van der Waals surface area (Å²) in [6, 6.07) is 10.1. The van der Waals surface area contributed by atoms with E-state index in [2.05, 4.69) is 22.2 Å². The van der Waals surface area contributed by atoms with Crippen LogP contribution in [-0.2, 0) is 0 Å². The van der Waals surface area contributed by atoms with Crippen LogP contribution < -0.4 is 5.32 Å². The fourth-order valence-corrected chi connectivity index (χ4v) is 3.02. The fraction of sp³-hybridized carbons (Fsp3) is 0.389. The van der Waals surface area contributed by atoms with Gasteiger partial charge in [0.1, 0.15) is 0 Å². The molecule has 120 valence electrons. The molecule has 1 aromatic heterocycles. The zero-order valence-corrected chi connectivity index (χ0v) is 13.4. The van der Waals surface area contributed by atoms with E-state index < -0.39 is 0 Å². The van der Waals surface area contributed by atoms with Crippen molar-refractivity contribution in [1.82, 2.24) is 14.9 Å². The zero-order chi connectivity index (χ0) is 16.1. The molecule has 5 nitrogen and oxygen atoms in total. The van der Waals surface area contributed by atoms with Crippen molar-refractivity contribution in [2.75, 3.05) is 11.9 Å². The Morgan fingerprint density at radius 1 is 1.22 bits per heavy atom. The van der Waals surface area contributed by atoms with Crippen molar-refractivity contribution in [1.29, 1.82) is 0 Å². The van der Waals surface area contributed by atoms with Gasteiger partial charge in [-0.25, -0.2) is 14.8 Å². The largest absolute Gasteiger partial charge is 0.322 e. The molecule has 0 bridgehead atoms. The summed E-state index contributed by atoms with van der Waals surface area (Å²) in [5, 5.41) is 2.92. The summed E-state index contributed by atoms with van der Waals surface area (Å²) >= 11 is 0. The molecule has 1 aromatic carbocycles. The number of nitrogens with one attached hydrogen (secondary N) is 1. The van der Waals surface area contributed by atoms with Crippen molar-refractivity contribution in [3.63, 3.8) is 0 Å². The standard InChI is InChI=1S/C18H22N4O/c1-2-16-10-6-7-11-22(16)18(23)21-15-12-19-17(20-13-15)14-8-4-3-5-9-14/h3-5,8-9,12-13,16H,2,6-7,10-11H2,1H3,(H,21,23). The molecule has 1 aliphatic rings. The molecule has 0 aliphatic carbocycles. The Labute approximate surface area is 136 Å². The molecule has 1 fully saturated rings. The second-order valence-corrected chi connectivity index (χ2v) is 5.84. The van der Waals surface area contributed by atoms with Crippen LogP contribution in [0.3, 0.4) is 0 Å². The number of hydrogen-bond donors (Lipinski definition) is 1. The van der Waals surface area contributed by atoms with Crippen molar-refractivity contribution >= 4 is 11.7 Å². The van der Waals surface area contributed by atoms with Gasteiger partial charge in [0.15, 0.2) is 5.82 Å². The molecule has 2 aromatic rings. The number of nitrogens with zero attached hydrogens (tertiary/aromatic N) is 3. The highest BCUT2D eigenvalue weighted by Gasteiger charge is 2.25. The molecule has 1 atom stereocenters. The first-order valence-electron chi connectivity index (χ1n) is 8.23. The van der Waals surface area contributed by atoms with Crippen LogP contribution in [0.2, 0.25) is 0 Å². The number of carbonyl (C=O) groups is 1. The maximum Gasteiger partial charge on any atom is 0.322 e. The quantitative estimate of drug-likeness (QED) is 0.934. The Hall–Kier alpha value is -2.43. The van der Waals surface area contributed by atoms with Gasteiger partial charge in [0, 0.05) is 18.2 Å². The van der Waals surface area contributed by atoms with Gasteiger partial charge in [-0.3, -0.25) is 0 Å². The molecule has 5 heteroatoms. The molecular formula is C18H22N4O. The van der Waals surface area contributed by atoms with E-state index >= 15 is 0 Å². The maximum atomic E-state index is 12.5. The second-order valence-electron chi connectivity index (χ2n) is 5.84. The number of rotatable bonds is 3. The lowest BCUT2D eigenvalue weighted by Gasteiger charge is -2.35. The van der Waals surface area contributed by atoms with E-state index in [4.69, 9.17) is 0 Å². The summed E-state index contributed by atoms with van der Waals surface area (Å²) in [7, 11) is 0. The number of piperidine rings is 1. The molecule has 1 aliphatic heterocycles. The highest BCUT2D eigenvalue weighted by atomic mass is 16.2. The van der Waals surface area contributed by atoms with E-state index in [0.717, 1.165) is 31.4 Å². The van der Waals surface area contributed by atoms with Crippen LogP contribution in [0.4, 0.5) is 10.5 Å². The summed E-state index contributed by atoms with van der Waals surface area (Å²) in [6.07, 6.45) is 7.70. The first-order valence-corrected chi connectivity index (χ1v) is 8.23. The van der Waals surface area contributed by atoms with Gasteiger partial charge in [-0.05, 0) is 25.7 Å². The molecule has 0 spiro atoms. The number of urea groups is 1. The van der Waals surface area contributed by atoms with Crippen LogP contribution >= 0.6 is 0 Å². The Morgan fingerprint density at radius 3 is 2.65 bits per heavy atom. The topological polar surface area (TPSA) is 58.1 Å². The molecular weight excluding hydrogens is 288 g/mol. The van der Waals surface area contributed by atoms with Crippen LogP contribution in [0.5, 0.6) is 0 Å². The summed E-state index contributed by atoms with van der Waals surface area (Å²) in [5.74, 6) is 0.660. The van der Waals surface area contributed by atoms with Crippen LogP contribution in [0.1, 0.15) is 32.6 Å². The van der Waals surface area contributed by atoms with Crippen LogP contribution in [0.25, 0.3) is 11.4 Å². The number of likely N-dealkylation sites (tertiary alicyclic amines) is 1. The number of benzene rings is 1. The molecule has 0 saturated carbocycles. The van der Waals surface area contributed by atoms with Crippen molar-refractivity contribution in [3.05, 3.63) is 42.7 Å². The van der Waals surface area contributed by atoms with Crippen molar-refractivity contribution in [2.24, 2.45) is 0 Å². The number of amides is 2. The van der Waals surface area contributed by atoms with Gasteiger partial charge < -0.3 is 10.2 Å². The minimum Gasteiger partial charge on any atom is -0.322 e. The number of anilines is 1. The first kappa shape index (κ1) is 15.5. The minimum atomic E-state index is -0.0485. The Bertz CT molecular complexity index is 642. The van der Waals surface area contributed by atoms with Gasteiger partial charge in [-0.2, -0.15) is 0 Å². The molecule has 1 saturated heterocycles. The third kappa shape index (κ3) is 3.67. The lowest BCUT2D eigenvalue weighted by atomic mass is 10.0. The fourth-order valence-electron chi connectivity index (χ4n) is 3.02. The average Bonchev–Trinajstić information content (AvgIpc) is 2.63. The van der Waals surface area contributed by atoms with E-state index in [-0.39, 0.29) is 6.03 Å². The van der Waals surface area contributed by atoms with E-state index in [1.807, 2.05) is 35.2 Å². The smallest absolute Gasteiger partial charge is 0.322 e. The van der Waals surface area contributed by atoms with Gasteiger partial charge in [0.2, 0.25) is 0 Å². The van der Waals surface area contributed by atoms with Gasteiger partial charge in [-0.1, -0.05) is 37.3 Å². The van der Waals surface area contributed by atoms with Crippen molar-refractivity contribution in [3.8, 4) is 11.4 Å². The Morgan fingerprint density at radius 2 is 1.96 bits per heavy atom. The normalized spacial score (nSPS) is 17.8. The van der Waals surface area contributed by atoms with Gasteiger partial charge in [0.05, 0.1) is 18.1 Å². The van der Waals surface area contributed by atoms with Crippen LogP contribution in [0, 0.1) is 0 Å². The number of carbonyl (C=O) groups excluding carboxylic acids is 1. The molecule has 23 heavy (non-hydrogen) atoms. The first-order chi connectivity index (χ1) is 11.3. The predicted molar refractivity (Wildman–Crippen MR) is 91.1 cm³/mol. The SMILES string of the molecule is CCC1CCCCN1C(=O)Nc1cnc(-c2ccccc2)nc1. The van der Waals surface area contributed by atoms with Gasteiger partial charge >= 0.3 is 6.03 Å². The Kier molecular flexibility index (Phi) is 4.86. The maximum absolute atomic E-state index is 12.5. The van der Waals surface area contributed by atoms with Crippen molar-refractivity contribution in [2.45, 2.75) is 38.6 Å². The minimum absolute atomic E-state index is 0.0485. The van der Waals surface area contributed by atoms with Gasteiger partial charge in [-0.15, -0.1) is 0 Å². The van der Waals surface area contributed by atoms with E-state index in [9.17, 15) is 4.79 Å². The summed E-state index contributed by atoms with van der Waals surface area (Å²) in [6.45, 7) is 2.96. The summed E-state index contributed by atoms with van der Waals surface area (Å²) in [5.41, 5.74) is 1.60. The highest BCUT2D eigenvalue weighted by molar-refractivity contribution is 5.89. The molecule has 0 radical (unpaired) electrons. The monoisotopic (exact) mass is 310 g/mol. The average molecular weight is 310 g/mol. The summed E-state index contributed by atoms with van der Waals surface area (Å²) in [4.78, 5) is 23.1. The second kappa shape index (κ2) is 7.22. The lowest BCUT2D eigenvalue weighted by Crippen LogP contribution is -2.45. The van der Waals surface area contributed by atoms with E-state index in [0.29, 0.717) is 17.6 Å². The molecule has 1 unspecified atom stereocenters. The predicted octanol–water partition coefficient (Wildman–Crippen LogP) is 3.94. The van der Waals surface area contributed by atoms with Crippen LogP contribution in [0.15, 0.2) is 42.7 Å². The van der Waals surface area contributed by atoms with E-state index in [1.54, 1.807) is 12.4 Å². The molecule has 1 N–H and O–H groups in total. The third-order valence-electron chi connectivity index (χ3n) is 4.29.